The molecule has 0 unspecified atom stereocenters. The molecule has 1 heterocycles. The van der Waals surface area contributed by atoms with E-state index in [9.17, 15) is 27.6 Å². The maximum atomic E-state index is 13.2. The summed E-state index contributed by atoms with van der Waals surface area (Å²) in [5, 5.41) is 2.27. The number of anilines is 2. The first kappa shape index (κ1) is 20.8. The van der Waals surface area contributed by atoms with E-state index in [1.54, 1.807) is 0 Å². The standard InChI is InChI=1S/C23H19F3N2O3/c1-13-9-10-16-17(11-13)22(31)28(21(16)30)15-6-4-5-14(12-15)20(29)27-19-8-3-2-7-18(19)23(24,25)26/h2-9,12,16-17H,10-11H2,1H3,(H,27,29)/t16-,17+/m0/s1. The summed E-state index contributed by atoms with van der Waals surface area (Å²) in [5.41, 5.74) is 0.00131. The minimum atomic E-state index is -4.62. The number of carbonyl (C=O) groups is 3. The Labute approximate surface area is 176 Å². The van der Waals surface area contributed by atoms with Gasteiger partial charge in [0.25, 0.3) is 5.91 Å². The number of para-hydroxylation sites is 1. The Hall–Kier alpha value is -3.42. The Kier molecular flexibility index (Phi) is 5.16. The van der Waals surface area contributed by atoms with Crippen molar-refractivity contribution in [2.75, 3.05) is 10.2 Å². The molecule has 1 aliphatic carbocycles. The molecule has 31 heavy (non-hydrogen) atoms. The van der Waals surface area contributed by atoms with Crippen molar-refractivity contribution in [2.24, 2.45) is 11.8 Å². The molecule has 0 bridgehead atoms. The molecule has 1 saturated heterocycles. The summed E-state index contributed by atoms with van der Waals surface area (Å²) in [5.74, 6) is -2.25. The van der Waals surface area contributed by atoms with Crippen molar-refractivity contribution < 1.29 is 27.6 Å². The predicted octanol–water partition coefficient (Wildman–Crippen LogP) is 4.80. The third-order valence-corrected chi connectivity index (χ3v) is 5.67. The average Bonchev–Trinajstić information content (AvgIpc) is 2.97. The maximum absolute atomic E-state index is 13.2. The SMILES string of the molecule is CC1=CC[C@@H]2C(=O)N(c3cccc(C(=O)Nc4ccccc4C(F)(F)F)c3)C(=O)[C@@H]2C1. The van der Waals surface area contributed by atoms with Gasteiger partial charge in [-0.3, -0.25) is 19.3 Å². The van der Waals surface area contributed by atoms with Crippen LogP contribution in [0.3, 0.4) is 0 Å². The van der Waals surface area contributed by atoms with E-state index < -0.39 is 29.5 Å². The van der Waals surface area contributed by atoms with Gasteiger partial charge in [-0.05, 0) is 50.1 Å². The lowest BCUT2D eigenvalue weighted by atomic mass is 9.82. The van der Waals surface area contributed by atoms with Gasteiger partial charge in [0.05, 0.1) is 28.8 Å². The van der Waals surface area contributed by atoms with Crippen molar-refractivity contribution in [3.8, 4) is 0 Å². The van der Waals surface area contributed by atoms with Crippen LogP contribution in [0.15, 0.2) is 60.2 Å². The number of benzene rings is 2. The van der Waals surface area contributed by atoms with Gasteiger partial charge in [0, 0.05) is 5.56 Å². The summed E-state index contributed by atoms with van der Waals surface area (Å²) in [6.45, 7) is 1.92. The van der Waals surface area contributed by atoms with Gasteiger partial charge in [-0.15, -0.1) is 0 Å². The maximum Gasteiger partial charge on any atom is 0.418 e. The monoisotopic (exact) mass is 428 g/mol. The van der Waals surface area contributed by atoms with Crippen LogP contribution in [0.1, 0.15) is 35.7 Å². The number of nitrogens with one attached hydrogen (secondary N) is 1. The quantitative estimate of drug-likeness (QED) is 0.564. The lowest BCUT2D eigenvalue weighted by Gasteiger charge is -2.18. The molecule has 1 aliphatic heterocycles. The van der Waals surface area contributed by atoms with Gasteiger partial charge in [-0.25, -0.2) is 0 Å². The van der Waals surface area contributed by atoms with Gasteiger partial charge in [0.15, 0.2) is 0 Å². The third-order valence-electron chi connectivity index (χ3n) is 5.67. The highest BCUT2D eigenvalue weighted by molar-refractivity contribution is 6.22. The van der Waals surface area contributed by atoms with Crippen LogP contribution >= 0.6 is 0 Å². The van der Waals surface area contributed by atoms with Crippen LogP contribution < -0.4 is 10.2 Å². The number of fused-ring (bicyclic) bond motifs is 1. The van der Waals surface area contributed by atoms with Crippen LogP contribution in [0.2, 0.25) is 0 Å². The smallest absolute Gasteiger partial charge is 0.321 e. The molecule has 2 aromatic rings. The topological polar surface area (TPSA) is 66.5 Å². The average molecular weight is 428 g/mol. The van der Waals surface area contributed by atoms with Gasteiger partial charge in [0.1, 0.15) is 0 Å². The van der Waals surface area contributed by atoms with E-state index in [4.69, 9.17) is 0 Å². The zero-order valence-corrected chi connectivity index (χ0v) is 16.6. The zero-order chi connectivity index (χ0) is 22.3. The number of halogens is 3. The minimum Gasteiger partial charge on any atom is -0.321 e. The molecule has 1 fully saturated rings. The van der Waals surface area contributed by atoms with Gasteiger partial charge in [-0.2, -0.15) is 13.2 Å². The second kappa shape index (κ2) is 7.68. The Morgan fingerprint density at radius 2 is 1.74 bits per heavy atom. The van der Waals surface area contributed by atoms with E-state index in [0.29, 0.717) is 12.8 Å². The summed E-state index contributed by atoms with van der Waals surface area (Å²) in [6, 6.07) is 10.5. The van der Waals surface area contributed by atoms with Crippen LogP contribution in [-0.4, -0.2) is 17.7 Å². The molecule has 4 rings (SSSR count). The van der Waals surface area contributed by atoms with Crippen LogP contribution in [0.4, 0.5) is 24.5 Å². The van der Waals surface area contributed by atoms with Gasteiger partial charge >= 0.3 is 6.18 Å². The number of amides is 3. The van der Waals surface area contributed by atoms with Crippen molar-refractivity contribution in [1.29, 1.82) is 0 Å². The molecule has 5 nitrogen and oxygen atoms in total. The Bertz CT molecular complexity index is 1110. The predicted molar refractivity (Wildman–Crippen MR) is 108 cm³/mol. The molecular weight excluding hydrogens is 409 g/mol. The molecule has 0 spiro atoms. The molecule has 0 saturated carbocycles. The molecule has 160 valence electrons. The van der Waals surface area contributed by atoms with Crippen LogP contribution in [0.5, 0.6) is 0 Å². The normalized spacial score (nSPS) is 21.0. The number of hydrogen-bond acceptors (Lipinski definition) is 3. The molecule has 0 aromatic heterocycles. The lowest BCUT2D eigenvalue weighted by Crippen LogP contribution is -2.31. The summed E-state index contributed by atoms with van der Waals surface area (Å²) in [4.78, 5) is 39.4. The van der Waals surface area contributed by atoms with E-state index in [1.807, 2.05) is 13.0 Å². The lowest BCUT2D eigenvalue weighted by molar-refractivity contribution is -0.137. The van der Waals surface area contributed by atoms with E-state index in [0.717, 1.165) is 22.6 Å². The largest absolute Gasteiger partial charge is 0.418 e. The molecule has 0 radical (unpaired) electrons. The number of alkyl halides is 3. The highest BCUT2D eigenvalue weighted by Gasteiger charge is 2.48. The fraction of sp³-hybridized carbons (Fsp3) is 0.261. The molecule has 2 aliphatic rings. The summed E-state index contributed by atoms with van der Waals surface area (Å²) in [6.07, 6.45) is -1.66. The number of nitrogens with zero attached hydrogens (tertiary/aromatic N) is 1. The number of hydrogen-bond donors (Lipinski definition) is 1. The van der Waals surface area contributed by atoms with E-state index in [-0.39, 0.29) is 28.8 Å². The Balaban J connectivity index is 1.59. The number of carbonyl (C=O) groups excluding carboxylic acids is 3. The highest BCUT2D eigenvalue weighted by atomic mass is 19.4. The van der Waals surface area contributed by atoms with E-state index in [2.05, 4.69) is 5.32 Å². The van der Waals surface area contributed by atoms with E-state index >= 15 is 0 Å². The molecule has 2 aromatic carbocycles. The van der Waals surface area contributed by atoms with Crippen LogP contribution in [0.25, 0.3) is 0 Å². The molecule has 1 N–H and O–H groups in total. The third kappa shape index (κ3) is 3.85. The van der Waals surface area contributed by atoms with E-state index in [1.165, 1.54) is 36.4 Å². The first-order chi connectivity index (χ1) is 14.7. The number of imide groups is 1. The molecule has 8 heteroatoms. The first-order valence-electron chi connectivity index (χ1n) is 9.78. The van der Waals surface area contributed by atoms with Crippen molar-refractivity contribution >= 4 is 29.1 Å². The highest BCUT2D eigenvalue weighted by Crippen LogP contribution is 2.40. The van der Waals surface area contributed by atoms with Crippen molar-refractivity contribution in [2.45, 2.75) is 25.9 Å². The van der Waals surface area contributed by atoms with Gasteiger partial charge < -0.3 is 5.32 Å². The summed E-state index contributed by atoms with van der Waals surface area (Å²) < 4.78 is 39.6. The number of rotatable bonds is 3. The molecular formula is C23H19F3N2O3. The summed E-state index contributed by atoms with van der Waals surface area (Å²) in [7, 11) is 0. The second-order valence-corrected chi connectivity index (χ2v) is 7.76. The zero-order valence-electron chi connectivity index (χ0n) is 16.6. The number of allylic oxidation sites excluding steroid dienone is 2. The van der Waals surface area contributed by atoms with Crippen molar-refractivity contribution in [3.63, 3.8) is 0 Å². The fourth-order valence-corrected chi connectivity index (χ4v) is 4.11. The Morgan fingerprint density at radius 3 is 2.48 bits per heavy atom. The minimum absolute atomic E-state index is 0.0410. The Morgan fingerprint density at radius 1 is 1.03 bits per heavy atom. The van der Waals surface area contributed by atoms with Gasteiger partial charge in [-0.1, -0.05) is 29.8 Å². The summed E-state index contributed by atoms with van der Waals surface area (Å²) >= 11 is 0. The van der Waals surface area contributed by atoms with Crippen molar-refractivity contribution in [1.82, 2.24) is 0 Å². The van der Waals surface area contributed by atoms with Crippen LogP contribution in [0, 0.1) is 11.8 Å². The van der Waals surface area contributed by atoms with Crippen molar-refractivity contribution in [3.05, 3.63) is 71.3 Å². The first-order valence-corrected chi connectivity index (χ1v) is 9.78. The molecule has 3 amide bonds. The fourth-order valence-electron chi connectivity index (χ4n) is 4.11. The molecule has 2 atom stereocenters. The van der Waals surface area contributed by atoms with Crippen LogP contribution in [-0.2, 0) is 15.8 Å². The second-order valence-electron chi connectivity index (χ2n) is 7.76. The van der Waals surface area contributed by atoms with Gasteiger partial charge in [0.2, 0.25) is 11.8 Å².